The molecule has 1 amide bonds. The van der Waals surface area contributed by atoms with E-state index >= 15 is 0 Å². The summed E-state index contributed by atoms with van der Waals surface area (Å²) in [7, 11) is 0. The van der Waals surface area contributed by atoms with E-state index in [2.05, 4.69) is 26.2 Å². The van der Waals surface area contributed by atoms with Gasteiger partial charge in [0.2, 0.25) is 0 Å². The third-order valence-corrected chi connectivity index (χ3v) is 3.47. The maximum Gasteiger partial charge on any atom is 0.274 e. The zero-order valence-corrected chi connectivity index (χ0v) is 14.0. The minimum absolute atomic E-state index is 0.311. The Balaban J connectivity index is 2.32. The summed E-state index contributed by atoms with van der Waals surface area (Å²) in [6, 6.07) is 8.63. The van der Waals surface area contributed by atoms with Gasteiger partial charge in [0.1, 0.15) is 5.69 Å². The topological polar surface area (TPSA) is 51.2 Å². The van der Waals surface area contributed by atoms with Gasteiger partial charge in [0.25, 0.3) is 5.91 Å². The smallest absolute Gasteiger partial charge is 0.274 e. The van der Waals surface area contributed by atoms with Crippen molar-refractivity contribution in [1.29, 1.82) is 0 Å². The lowest BCUT2D eigenvalue weighted by Gasteiger charge is -2.13. The largest absolute Gasteiger partial charge is 0.491 e. The first-order valence-corrected chi connectivity index (χ1v) is 7.55. The van der Waals surface area contributed by atoms with Crippen LogP contribution in [-0.2, 0) is 0 Å². The number of nitrogens with one attached hydrogen (secondary N) is 1. The molecule has 0 saturated heterocycles. The fourth-order valence-electron chi connectivity index (χ4n) is 1.80. The number of halogens is 2. The number of pyridine rings is 1. The number of hydrogen-bond acceptors (Lipinski definition) is 3. The Hall–Kier alpha value is -1.59. The summed E-state index contributed by atoms with van der Waals surface area (Å²) in [5.74, 6) is 0.233. The molecule has 1 N–H and O–H groups in total. The average molecular weight is 370 g/mol. The number of carbonyl (C=O) groups excluding carboxylic acids is 1. The van der Waals surface area contributed by atoms with E-state index in [-0.39, 0.29) is 5.91 Å². The first kappa shape index (κ1) is 15.8. The first-order chi connectivity index (χ1) is 10.0. The van der Waals surface area contributed by atoms with E-state index in [1.54, 1.807) is 24.3 Å². The van der Waals surface area contributed by atoms with Crippen LogP contribution in [0.25, 0.3) is 0 Å². The molecule has 1 aromatic carbocycles. The second-order valence-electron chi connectivity index (χ2n) is 4.32. The van der Waals surface area contributed by atoms with Crippen LogP contribution in [0.15, 0.2) is 34.8 Å². The summed E-state index contributed by atoms with van der Waals surface area (Å²) < 4.78 is 6.23. The summed E-state index contributed by atoms with van der Waals surface area (Å²) in [4.78, 5) is 16.5. The van der Waals surface area contributed by atoms with Crippen LogP contribution in [0.2, 0.25) is 5.02 Å². The number of anilines is 1. The highest BCUT2D eigenvalue weighted by Gasteiger charge is 2.14. The van der Waals surface area contributed by atoms with Gasteiger partial charge in [-0.2, -0.15) is 0 Å². The van der Waals surface area contributed by atoms with Gasteiger partial charge >= 0.3 is 0 Å². The number of amides is 1. The van der Waals surface area contributed by atoms with Gasteiger partial charge in [0.05, 0.1) is 16.8 Å². The summed E-state index contributed by atoms with van der Waals surface area (Å²) in [5.41, 5.74) is 1.62. The highest BCUT2D eigenvalue weighted by Crippen LogP contribution is 2.36. The zero-order valence-electron chi connectivity index (χ0n) is 11.6. The lowest BCUT2D eigenvalue weighted by molar-refractivity contribution is 0.102. The molecule has 0 aliphatic heterocycles. The minimum atomic E-state index is -0.311. The second kappa shape index (κ2) is 6.91. The van der Waals surface area contributed by atoms with Crippen LogP contribution in [-0.4, -0.2) is 17.5 Å². The molecule has 6 heteroatoms. The molecule has 2 rings (SSSR count). The molecule has 0 radical (unpaired) electrons. The van der Waals surface area contributed by atoms with Crippen LogP contribution in [0.3, 0.4) is 0 Å². The van der Waals surface area contributed by atoms with Crippen LogP contribution in [0.5, 0.6) is 5.75 Å². The Bertz CT molecular complexity index is 677. The Labute approximate surface area is 136 Å². The number of ether oxygens (including phenoxy) is 1. The molecule has 0 spiro atoms. The number of carbonyl (C=O) groups is 1. The molecule has 0 aliphatic rings. The van der Waals surface area contributed by atoms with E-state index in [1.807, 2.05) is 19.9 Å². The van der Waals surface area contributed by atoms with E-state index in [4.69, 9.17) is 16.3 Å². The highest BCUT2D eigenvalue weighted by molar-refractivity contribution is 9.10. The summed E-state index contributed by atoms with van der Waals surface area (Å²) in [6.45, 7) is 4.18. The van der Waals surface area contributed by atoms with Crippen LogP contribution < -0.4 is 10.1 Å². The fourth-order valence-corrected chi connectivity index (χ4v) is 2.72. The van der Waals surface area contributed by atoms with Gasteiger partial charge in [-0.25, -0.2) is 4.98 Å². The minimum Gasteiger partial charge on any atom is -0.491 e. The molecular formula is C15H14BrClN2O2. The molecule has 0 unspecified atom stereocenters. The number of aromatic nitrogens is 1. The second-order valence-corrected chi connectivity index (χ2v) is 5.61. The predicted octanol–water partition coefficient (Wildman–Crippen LogP) is 4.46. The maximum absolute atomic E-state index is 12.3. The van der Waals surface area contributed by atoms with Gasteiger partial charge in [0, 0.05) is 10.7 Å². The highest BCUT2D eigenvalue weighted by atomic mass is 79.9. The summed E-state index contributed by atoms with van der Waals surface area (Å²) >= 11 is 9.40. The van der Waals surface area contributed by atoms with E-state index in [1.165, 1.54) is 0 Å². The van der Waals surface area contributed by atoms with Crippen molar-refractivity contribution in [1.82, 2.24) is 4.98 Å². The summed E-state index contributed by atoms with van der Waals surface area (Å²) in [5, 5.41) is 3.28. The maximum atomic E-state index is 12.3. The monoisotopic (exact) mass is 368 g/mol. The van der Waals surface area contributed by atoms with Crippen molar-refractivity contribution in [3.63, 3.8) is 0 Å². The number of nitrogens with zero attached hydrogens (tertiary/aromatic N) is 1. The molecule has 1 aromatic heterocycles. The van der Waals surface area contributed by atoms with Gasteiger partial charge < -0.3 is 10.1 Å². The van der Waals surface area contributed by atoms with Crippen molar-refractivity contribution in [3.8, 4) is 5.75 Å². The molecular weight excluding hydrogens is 356 g/mol. The van der Waals surface area contributed by atoms with Crippen molar-refractivity contribution in [3.05, 3.63) is 51.2 Å². The van der Waals surface area contributed by atoms with Crippen LogP contribution in [0, 0.1) is 6.92 Å². The molecule has 0 fully saturated rings. The molecule has 0 atom stereocenters. The van der Waals surface area contributed by atoms with Gasteiger partial charge in [-0.1, -0.05) is 17.7 Å². The standard InChI is InChI=1S/C15H14BrClN2O2/c1-3-21-14-11(16)7-10(17)8-13(14)19-15(20)12-6-4-5-9(2)18-12/h4-8H,3H2,1-2H3,(H,19,20). The van der Waals surface area contributed by atoms with Gasteiger partial charge in [-0.15, -0.1) is 0 Å². The lowest BCUT2D eigenvalue weighted by atomic mass is 10.2. The van der Waals surface area contributed by atoms with Crippen molar-refractivity contribution < 1.29 is 9.53 Å². The Morgan fingerprint density at radius 2 is 2.19 bits per heavy atom. The van der Waals surface area contributed by atoms with Crippen LogP contribution in [0.1, 0.15) is 23.1 Å². The molecule has 0 bridgehead atoms. The van der Waals surface area contributed by atoms with E-state index in [0.29, 0.717) is 33.2 Å². The quantitative estimate of drug-likeness (QED) is 0.866. The van der Waals surface area contributed by atoms with Crippen molar-refractivity contribution >= 4 is 39.1 Å². The molecule has 110 valence electrons. The summed E-state index contributed by atoms with van der Waals surface area (Å²) in [6.07, 6.45) is 0. The van der Waals surface area contributed by atoms with Crippen molar-refractivity contribution in [2.75, 3.05) is 11.9 Å². The van der Waals surface area contributed by atoms with Crippen molar-refractivity contribution in [2.45, 2.75) is 13.8 Å². The Morgan fingerprint density at radius 1 is 1.43 bits per heavy atom. The molecule has 2 aromatic rings. The first-order valence-electron chi connectivity index (χ1n) is 6.38. The Morgan fingerprint density at radius 3 is 2.86 bits per heavy atom. The van der Waals surface area contributed by atoms with E-state index < -0.39 is 0 Å². The molecule has 0 saturated carbocycles. The molecule has 1 heterocycles. The molecule has 21 heavy (non-hydrogen) atoms. The molecule has 4 nitrogen and oxygen atoms in total. The van der Waals surface area contributed by atoms with E-state index in [0.717, 1.165) is 5.69 Å². The zero-order chi connectivity index (χ0) is 15.4. The number of benzene rings is 1. The van der Waals surface area contributed by atoms with Gasteiger partial charge in [-0.05, 0) is 54.0 Å². The number of rotatable bonds is 4. The predicted molar refractivity (Wildman–Crippen MR) is 87.2 cm³/mol. The Kier molecular flexibility index (Phi) is 5.20. The van der Waals surface area contributed by atoms with Crippen molar-refractivity contribution in [2.24, 2.45) is 0 Å². The van der Waals surface area contributed by atoms with Gasteiger partial charge in [-0.3, -0.25) is 4.79 Å². The van der Waals surface area contributed by atoms with Crippen LogP contribution in [0.4, 0.5) is 5.69 Å². The number of hydrogen-bond donors (Lipinski definition) is 1. The number of aryl methyl sites for hydroxylation is 1. The average Bonchev–Trinajstić information content (AvgIpc) is 2.42. The molecule has 0 aliphatic carbocycles. The SMILES string of the molecule is CCOc1c(Br)cc(Cl)cc1NC(=O)c1cccc(C)n1. The lowest BCUT2D eigenvalue weighted by Crippen LogP contribution is -2.15. The van der Waals surface area contributed by atoms with Crippen LogP contribution >= 0.6 is 27.5 Å². The van der Waals surface area contributed by atoms with Gasteiger partial charge in [0.15, 0.2) is 5.75 Å². The normalized spacial score (nSPS) is 10.3. The third-order valence-electron chi connectivity index (χ3n) is 2.67. The third kappa shape index (κ3) is 3.95. The van der Waals surface area contributed by atoms with E-state index in [9.17, 15) is 4.79 Å². The fraction of sp³-hybridized carbons (Fsp3) is 0.200.